The maximum Gasteiger partial charge on any atom is 0.342 e. The average molecular weight is 502 g/mol. The van der Waals surface area contributed by atoms with Crippen molar-refractivity contribution in [3.8, 4) is 17.0 Å². The van der Waals surface area contributed by atoms with Gasteiger partial charge < -0.3 is 19.8 Å². The maximum atomic E-state index is 13.7. The minimum Gasteiger partial charge on any atom is -0.496 e. The average Bonchev–Trinajstić information content (AvgIpc) is 3.63. The van der Waals surface area contributed by atoms with Gasteiger partial charge in [-0.05, 0) is 42.7 Å². The lowest BCUT2D eigenvalue weighted by Crippen LogP contribution is -2.23. The molecule has 0 spiro atoms. The number of hydrogen-bond donors (Lipinski definition) is 2. The zero-order valence-electron chi connectivity index (χ0n) is 20.8. The molecule has 0 atom stereocenters. The van der Waals surface area contributed by atoms with Crippen LogP contribution in [0.25, 0.3) is 22.2 Å². The van der Waals surface area contributed by atoms with Gasteiger partial charge in [0.1, 0.15) is 17.1 Å². The van der Waals surface area contributed by atoms with Crippen molar-refractivity contribution in [3.63, 3.8) is 0 Å². The summed E-state index contributed by atoms with van der Waals surface area (Å²) in [6, 6.07) is 13.3. The fourth-order valence-electron chi connectivity index (χ4n) is 5.08. The lowest BCUT2D eigenvalue weighted by molar-refractivity contribution is 0.0603. The van der Waals surface area contributed by atoms with Gasteiger partial charge in [0.25, 0.3) is 5.91 Å². The number of H-pyrrole nitrogens is 1. The lowest BCUT2D eigenvalue weighted by atomic mass is 9.95. The number of carbonyl (C=O) groups is 2. The Hall–Kier alpha value is -4.20. The highest BCUT2D eigenvalue weighted by molar-refractivity contribution is 6.08. The number of ether oxygens (including phenoxy) is 2. The number of hydrogen-bond acceptors (Lipinski definition) is 5. The summed E-state index contributed by atoms with van der Waals surface area (Å²) in [7, 11) is 2.80. The van der Waals surface area contributed by atoms with Crippen LogP contribution in [0.15, 0.2) is 54.7 Å². The van der Waals surface area contributed by atoms with Crippen molar-refractivity contribution in [3.05, 3.63) is 82.9 Å². The third kappa shape index (κ3) is 4.79. The van der Waals surface area contributed by atoms with Gasteiger partial charge in [0.2, 0.25) is 0 Å². The number of esters is 1. The summed E-state index contributed by atoms with van der Waals surface area (Å²) in [4.78, 5) is 33.7. The largest absolute Gasteiger partial charge is 0.496 e. The molecule has 1 aliphatic carbocycles. The molecule has 2 aromatic carbocycles. The molecule has 1 amide bonds. The van der Waals surface area contributed by atoms with Gasteiger partial charge in [-0.3, -0.25) is 9.78 Å². The Kier molecular flexibility index (Phi) is 6.90. The standard InChI is InChI=1S/C29H28FN3O4/c1-36-23-12-11-20(30)15-22(23)28(34)32-16-17-7-9-19(10-8-17)26-24(29(35)37-2)27-21(13-14-31-27)25(33-26)18-5-3-4-6-18/h7-15,18,31H,3-6,16H2,1-2H3,(H,32,34). The summed E-state index contributed by atoms with van der Waals surface area (Å²) in [5.41, 5.74) is 4.47. The van der Waals surface area contributed by atoms with Gasteiger partial charge in [0.15, 0.2) is 0 Å². The van der Waals surface area contributed by atoms with Crippen LogP contribution in [-0.2, 0) is 11.3 Å². The van der Waals surface area contributed by atoms with Crippen LogP contribution in [-0.4, -0.2) is 36.1 Å². The number of aromatic amines is 1. The van der Waals surface area contributed by atoms with Gasteiger partial charge in [-0.25, -0.2) is 9.18 Å². The molecule has 190 valence electrons. The fraction of sp³-hybridized carbons (Fsp3) is 0.276. The third-order valence-electron chi connectivity index (χ3n) is 6.96. The molecule has 0 radical (unpaired) electrons. The highest BCUT2D eigenvalue weighted by atomic mass is 19.1. The first-order valence-electron chi connectivity index (χ1n) is 12.3. The molecule has 2 N–H and O–H groups in total. The van der Waals surface area contributed by atoms with Gasteiger partial charge in [-0.1, -0.05) is 37.1 Å². The molecule has 0 unspecified atom stereocenters. The van der Waals surface area contributed by atoms with Crippen LogP contribution in [0.5, 0.6) is 5.75 Å². The molecule has 1 fully saturated rings. The summed E-state index contributed by atoms with van der Waals surface area (Å²) in [6.07, 6.45) is 6.35. The van der Waals surface area contributed by atoms with Gasteiger partial charge >= 0.3 is 5.97 Å². The van der Waals surface area contributed by atoms with Crippen molar-refractivity contribution in [1.82, 2.24) is 15.3 Å². The van der Waals surface area contributed by atoms with E-state index in [4.69, 9.17) is 14.5 Å². The maximum absolute atomic E-state index is 13.7. The first kappa shape index (κ1) is 24.5. The molecule has 0 aliphatic heterocycles. The van der Waals surface area contributed by atoms with Crippen molar-refractivity contribution in [1.29, 1.82) is 0 Å². The first-order valence-corrected chi connectivity index (χ1v) is 12.3. The number of rotatable bonds is 7. The van der Waals surface area contributed by atoms with Crippen LogP contribution in [0.2, 0.25) is 0 Å². The van der Waals surface area contributed by atoms with Crippen molar-refractivity contribution < 1.29 is 23.5 Å². The van der Waals surface area contributed by atoms with Crippen LogP contribution >= 0.6 is 0 Å². The number of pyridine rings is 1. The van der Waals surface area contributed by atoms with Crippen LogP contribution in [0.1, 0.15) is 63.6 Å². The zero-order chi connectivity index (χ0) is 25.9. The second-order valence-electron chi connectivity index (χ2n) is 9.18. The highest BCUT2D eigenvalue weighted by Crippen LogP contribution is 2.39. The van der Waals surface area contributed by atoms with Crippen molar-refractivity contribution in [2.75, 3.05) is 14.2 Å². The number of amides is 1. The summed E-state index contributed by atoms with van der Waals surface area (Å²) in [5.74, 6) is -0.742. The van der Waals surface area contributed by atoms with E-state index in [1.165, 1.54) is 39.2 Å². The number of nitrogens with one attached hydrogen (secondary N) is 2. The Bertz CT molecular complexity index is 1460. The van der Waals surface area contributed by atoms with Gasteiger partial charge in [0.05, 0.1) is 36.7 Å². The Morgan fingerprint density at radius 2 is 1.84 bits per heavy atom. The molecule has 2 aromatic heterocycles. The number of benzene rings is 2. The van der Waals surface area contributed by atoms with Gasteiger partial charge in [-0.2, -0.15) is 0 Å². The van der Waals surface area contributed by atoms with Crippen LogP contribution in [0.4, 0.5) is 4.39 Å². The summed E-state index contributed by atoms with van der Waals surface area (Å²) < 4.78 is 23.9. The van der Waals surface area contributed by atoms with Crippen LogP contribution in [0, 0.1) is 5.82 Å². The molecule has 1 saturated carbocycles. The van der Waals surface area contributed by atoms with E-state index in [-0.39, 0.29) is 12.1 Å². The van der Waals surface area contributed by atoms with E-state index in [0.717, 1.165) is 46.6 Å². The zero-order valence-corrected chi connectivity index (χ0v) is 20.8. The normalized spacial score (nSPS) is 13.6. The van der Waals surface area contributed by atoms with E-state index in [9.17, 15) is 14.0 Å². The number of nitrogens with zero attached hydrogens (tertiary/aromatic N) is 1. The Morgan fingerprint density at radius 1 is 1.08 bits per heavy atom. The lowest BCUT2D eigenvalue weighted by Gasteiger charge is -2.16. The topological polar surface area (TPSA) is 93.3 Å². The van der Waals surface area contributed by atoms with E-state index >= 15 is 0 Å². The number of halogens is 1. The minimum absolute atomic E-state index is 0.129. The predicted octanol–water partition coefficient (Wildman–Crippen LogP) is 5.75. The van der Waals surface area contributed by atoms with Crippen molar-refractivity contribution in [2.45, 2.75) is 38.1 Å². The summed E-state index contributed by atoms with van der Waals surface area (Å²) in [6.45, 7) is 0.235. The van der Waals surface area contributed by atoms with Crippen molar-refractivity contribution in [2.24, 2.45) is 0 Å². The predicted molar refractivity (Wildman–Crippen MR) is 138 cm³/mol. The number of methoxy groups -OCH3 is 2. The molecule has 0 saturated heterocycles. The number of aromatic nitrogens is 2. The molecular weight excluding hydrogens is 473 g/mol. The van der Waals surface area contributed by atoms with E-state index in [2.05, 4.69) is 10.3 Å². The monoisotopic (exact) mass is 501 g/mol. The van der Waals surface area contributed by atoms with Crippen molar-refractivity contribution >= 4 is 22.8 Å². The SMILES string of the molecule is COC(=O)c1c(-c2ccc(CNC(=O)c3cc(F)ccc3OC)cc2)nc(C2CCCC2)c2cc[nH]c12. The smallest absolute Gasteiger partial charge is 0.342 e. The van der Waals surface area contributed by atoms with E-state index < -0.39 is 17.7 Å². The van der Waals surface area contributed by atoms with E-state index in [1.54, 1.807) is 0 Å². The molecule has 8 heteroatoms. The first-order chi connectivity index (χ1) is 18.0. The molecular formula is C29H28FN3O4. The number of carbonyl (C=O) groups excluding carboxylic acids is 2. The molecule has 1 aliphatic rings. The summed E-state index contributed by atoms with van der Waals surface area (Å²) in [5, 5.41) is 3.76. The van der Waals surface area contributed by atoms with Crippen LogP contribution in [0.3, 0.4) is 0 Å². The minimum atomic E-state index is -0.514. The second kappa shape index (κ2) is 10.4. The Balaban J connectivity index is 1.44. The van der Waals surface area contributed by atoms with E-state index in [0.29, 0.717) is 22.9 Å². The second-order valence-corrected chi connectivity index (χ2v) is 9.18. The van der Waals surface area contributed by atoms with E-state index in [1.807, 2.05) is 36.5 Å². The highest BCUT2D eigenvalue weighted by Gasteiger charge is 2.27. The quantitative estimate of drug-likeness (QED) is 0.315. The fourth-order valence-corrected chi connectivity index (χ4v) is 5.08. The molecule has 7 nitrogen and oxygen atoms in total. The Morgan fingerprint density at radius 3 is 2.54 bits per heavy atom. The van der Waals surface area contributed by atoms with Gasteiger partial charge in [0, 0.05) is 29.6 Å². The molecule has 2 heterocycles. The van der Waals surface area contributed by atoms with Gasteiger partial charge in [-0.15, -0.1) is 0 Å². The molecule has 37 heavy (non-hydrogen) atoms. The van der Waals surface area contributed by atoms with Crippen LogP contribution < -0.4 is 10.1 Å². The number of fused-ring (bicyclic) bond motifs is 1. The molecule has 0 bridgehead atoms. The molecule has 5 rings (SSSR count). The Labute approximate surface area is 214 Å². The third-order valence-corrected chi connectivity index (χ3v) is 6.96. The molecule has 4 aromatic rings. The summed E-state index contributed by atoms with van der Waals surface area (Å²) >= 11 is 0.